The second-order valence-electron chi connectivity index (χ2n) is 4.68. The van der Waals surface area contributed by atoms with Crippen molar-refractivity contribution < 1.29 is 4.79 Å². The molecule has 0 fully saturated rings. The van der Waals surface area contributed by atoms with E-state index >= 15 is 0 Å². The zero-order valence-electron chi connectivity index (χ0n) is 11.2. The summed E-state index contributed by atoms with van der Waals surface area (Å²) in [5, 5.41) is 6.05. The van der Waals surface area contributed by atoms with Crippen LogP contribution in [-0.4, -0.2) is 24.0 Å². The lowest BCUT2D eigenvalue weighted by molar-refractivity contribution is -0.121. The van der Waals surface area contributed by atoms with E-state index in [1.165, 1.54) is 0 Å². The van der Waals surface area contributed by atoms with Crippen molar-refractivity contribution in [3.8, 4) is 0 Å². The first kappa shape index (κ1) is 15.1. The first-order chi connectivity index (χ1) is 8.61. The predicted octanol–water partition coefficient (Wildman–Crippen LogP) is 1.88. The molecule has 5 heteroatoms. The number of thiazole rings is 1. The molecule has 0 aromatic carbocycles. The molecule has 1 aromatic heterocycles. The summed E-state index contributed by atoms with van der Waals surface area (Å²) in [5.41, 5.74) is 6.54. The molecule has 0 saturated heterocycles. The number of carbonyl (C=O) groups excluding carboxylic acids is 1. The van der Waals surface area contributed by atoms with Gasteiger partial charge in [0.2, 0.25) is 5.91 Å². The van der Waals surface area contributed by atoms with Crippen molar-refractivity contribution in [2.75, 3.05) is 13.1 Å². The van der Waals surface area contributed by atoms with Crippen LogP contribution in [-0.2, 0) is 11.2 Å². The highest BCUT2D eigenvalue weighted by molar-refractivity contribution is 7.09. The zero-order chi connectivity index (χ0) is 13.4. The quantitative estimate of drug-likeness (QED) is 0.757. The number of nitrogens with one attached hydrogen (secondary N) is 1. The second kappa shape index (κ2) is 8.21. The first-order valence-corrected chi connectivity index (χ1v) is 7.37. The number of hydrogen-bond acceptors (Lipinski definition) is 4. The smallest absolute Gasteiger partial charge is 0.220 e. The van der Waals surface area contributed by atoms with E-state index in [1.54, 1.807) is 11.3 Å². The molecule has 3 N–H and O–H groups in total. The fraction of sp³-hybridized carbons (Fsp3) is 0.692. The molecule has 1 atom stereocenters. The Kier molecular flexibility index (Phi) is 6.90. The van der Waals surface area contributed by atoms with Gasteiger partial charge in [0.15, 0.2) is 0 Å². The summed E-state index contributed by atoms with van der Waals surface area (Å²) in [4.78, 5) is 15.9. The Labute approximate surface area is 113 Å². The van der Waals surface area contributed by atoms with Crippen LogP contribution in [0.3, 0.4) is 0 Å². The Bertz CT molecular complexity index is 365. The van der Waals surface area contributed by atoms with E-state index in [9.17, 15) is 4.79 Å². The van der Waals surface area contributed by atoms with E-state index in [-0.39, 0.29) is 5.91 Å². The van der Waals surface area contributed by atoms with Crippen LogP contribution in [0.1, 0.15) is 36.9 Å². The maximum Gasteiger partial charge on any atom is 0.220 e. The third kappa shape index (κ3) is 6.12. The second-order valence-corrected chi connectivity index (χ2v) is 5.74. The van der Waals surface area contributed by atoms with Crippen LogP contribution in [0.5, 0.6) is 0 Å². The molecule has 1 heterocycles. The molecule has 0 bridgehead atoms. The average Bonchev–Trinajstić information content (AvgIpc) is 2.73. The van der Waals surface area contributed by atoms with Gasteiger partial charge in [0.05, 0.1) is 10.7 Å². The Morgan fingerprint density at radius 3 is 2.94 bits per heavy atom. The minimum Gasteiger partial charge on any atom is -0.356 e. The van der Waals surface area contributed by atoms with Crippen molar-refractivity contribution in [3.63, 3.8) is 0 Å². The maximum absolute atomic E-state index is 11.6. The average molecular weight is 269 g/mol. The number of nitrogens with two attached hydrogens (primary N) is 1. The van der Waals surface area contributed by atoms with Crippen molar-refractivity contribution in [1.29, 1.82) is 0 Å². The molecule has 0 saturated carbocycles. The normalized spacial score (nSPS) is 12.4. The summed E-state index contributed by atoms with van der Waals surface area (Å²) in [5.74, 6) is 0.660. The number of amides is 1. The molecule has 1 unspecified atom stereocenters. The van der Waals surface area contributed by atoms with E-state index in [1.807, 2.05) is 12.3 Å². The number of aromatic nitrogens is 1. The van der Waals surface area contributed by atoms with Gasteiger partial charge in [-0.25, -0.2) is 4.98 Å². The van der Waals surface area contributed by atoms with Gasteiger partial charge in [-0.2, -0.15) is 0 Å². The van der Waals surface area contributed by atoms with Crippen LogP contribution in [0.4, 0.5) is 0 Å². The number of carbonyl (C=O) groups is 1. The van der Waals surface area contributed by atoms with Gasteiger partial charge >= 0.3 is 0 Å². The Hall–Kier alpha value is -0.940. The molecule has 1 aromatic rings. The molecule has 0 aliphatic rings. The van der Waals surface area contributed by atoms with Crippen LogP contribution in [0, 0.1) is 12.8 Å². The van der Waals surface area contributed by atoms with E-state index < -0.39 is 0 Å². The van der Waals surface area contributed by atoms with Gasteiger partial charge in [0.1, 0.15) is 0 Å². The Morgan fingerprint density at radius 2 is 2.33 bits per heavy atom. The number of hydrogen-bond donors (Lipinski definition) is 2. The largest absolute Gasteiger partial charge is 0.356 e. The van der Waals surface area contributed by atoms with Gasteiger partial charge in [-0.15, -0.1) is 11.3 Å². The van der Waals surface area contributed by atoms with Crippen LogP contribution in [0.2, 0.25) is 0 Å². The van der Waals surface area contributed by atoms with Crippen LogP contribution < -0.4 is 11.1 Å². The van der Waals surface area contributed by atoms with Gasteiger partial charge in [-0.05, 0) is 32.2 Å². The van der Waals surface area contributed by atoms with Crippen molar-refractivity contribution in [2.24, 2.45) is 11.7 Å². The summed E-state index contributed by atoms with van der Waals surface area (Å²) in [6.45, 7) is 5.50. The molecule has 4 nitrogen and oxygen atoms in total. The molecule has 1 rings (SSSR count). The minimum absolute atomic E-state index is 0.130. The van der Waals surface area contributed by atoms with Crippen LogP contribution in [0.15, 0.2) is 5.38 Å². The highest BCUT2D eigenvalue weighted by atomic mass is 32.1. The lowest BCUT2D eigenvalue weighted by Crippen LogP contribution is -2.26. The van der Waals surface area contributed by atoms with Gasteiger partial charge in [0.25, 0.3) is 0 Å². The van der Waals surface area contributed by atoms with Gasteiger partial charge in [-0.3, -0.25) is 4.79 Å². The lowest BCUT2D eigenvalue weighted by atomic mass is 10.0. The first-order valence-electron chi connectivity index (χ1n) is 6.49. The predicted molar refractivity (Wildman–Crippen MR) is 75.6 cm³/mol. The fourth-order valence-corrected chi connectivity index (χ4v) is 2.39. The van der Waals surface area contributed by atoms with Gasteiger partial charge < -0.3 is 11.1 Å². The van der Waals surface area contributed by atoms with E-state index in [4.69, 9.17) is 5.73 Å². The standard InChI is InChI=1S/C13H23N3OS/c1-10(5-7-14)3-4-13(17)15-8-6-12-9-18-11(2)16-12/h9-10H,3-8,14H2,1-2H3,(H,15,17). The summed E-state index contributed by atoms with van der Waals surface area (Å²) in [7, 11) is 0. The molecule has 0 spiro atoms. The molecule has 18 heavy (non-hydrogen) atoms. The third-order valence-corrected chi connectivity index (χ3v) is 3.72. The summed E-state index contributed by atoms with van der Waals surface area (Å²) in [6, 6.07) is 0. The molecular formula is C13H23N3OS. The number of nitrogens with zero attached hydrogens (tertiary/aromatic N) is 1. The molecule has 0 radical (unpaired) electrons. The Balaban J connectivity index is 2.10. The molecule has 0 aliphatic carbocycles. The fourth-order valence-electron chi connectivity index (χ4n) is 1.75. The SMILES string of the molecule is Cc1nc(CCNC(=O)CCC(C)CCN)cs1. The molecule has 102 valence electrons. The Morgan fingerprint density at radius 1 is 1.56 bits per heavy atom. The highest BCUT2D eigenvalue weighted by Gasteiger charge is 2.06. The summed E-state index contributed by atoms with van der Waals surface area (Å²) < 4.78 is 0. The summed E-state index contributed by atoms with van der Waals surface area (Å²) >= 11 is 1.65. The number of aryl methyl sites for hydroxylation is 1. The minimum atomic E-state index is 0.130. The van der Waals surface area contributed by atoms with E-state index in [0.29, 0.717) is 25.4 Å². The topological polar surface area (TPSA) is 68.0 Å². The monoisotopic (exact) mass is 269 g/mol. The summed E-state index contributed by atoms with van der Waals surface area (Å²) in [6.07, 6.45) is 3.32. The molecule has 1 amide bonds. The molecular weight excluding hydrogens is 246 g/mol. The van der Waals surface area contributed by atoms with Crippen molar-refractivity contribution in [2.45, 2.75) is 39.5 Å². The van der Waals surface area contributed by atoms with Crippen LogP contribution in [0.25, 0.3) is 0 Å². The van der Waals surface area contributed by atoms with E-state index in [2.05, 4.69) is 17.2 Å². The van der Waals surface area contributed by atoms with Crippen LogP contribution >= 0.6 is 11.3 Å². The van der Waals surface area contributed by atoms with E-state index in [0.717, 1.165) is 30.0 Å². The lowest BCUT2D eigenvalue weighted by Gasteiger charge is -2.09. The van der Waals surface area contributed by atoms with Crippen molar-refractivity contribution in [1.82, 2.24) is 10.3 Å². The van der Waals surface area contributed by atoms with Crippen molar-refractivity contribution >= 4 is 17.2 Å². The van der Waals surface area contributed by atoms with Gasteiger partial charge in [-0.1, -0.05) is 6.92 Å². The third-order valence-electron chi connectivity index (χ3n) is 2.89. The molecule has 0 aliphatic heterocycles. The maximum atomic E-state index is 11.6. The zero-order valence-corrected chi connectivity index (χ0v) is 12.1. The number of rotatable bonds is 8. The highest BCUT2D eigenvalue weighted by Crippen LogP contribution is 2.09. The van der Waals surface area contributed by atoms with Gasteiger partial charge in [0, 0.05) is 24.8 Å². The van der Waals surface area contributed by atoms with Crippen molar-refractivity contribution in [3.05, 3.63) is 16.1 Å².